The average Bonchev–Trinajstić information content (AvgIpc) is 2.89. The molecule has 37 heavy (non-hydrogen) atoms. The molecule has 4 rings (SSSR count). The first-order valence-electron chi connectivity index (χ1n) is 11.5. The number of nitrogens with zero attached hydrogens (tertiary/aromatic N) is 3. The fourth-order valence-electron chi connectivity index (χ4n) is 3.35. The van der Waals surface area contributed by atoms with E-state index in [2.05, 4.69) is 40.4 Å². The Labute approximate surface area is 216 Å². The Balaban J connectivity index is 1.68. The number of ether oxygens (including phenoxy) is 3. The van der Waals surface area contributed by atoms with Crippen molar-refractivity contribution in [2.24, 2.45) is 0 Å². The van der Waals surface area contributed by atoms with Crippen LogP contribution in [0.15, 0.2) is 84.1 Å². The van der Waals surface area contributed by atoms with Crippen molar-refractivity contribution in [3.63, 3.8) is 0 Å². The van der Waals surface area contributed by atoms with E-state index in [9.17, 15) is 8.42 Å². The Morgan fingerprint density at radius 3 is 2.32 bits per heavy atom. The molecule has 0 fully saturated rings. The molecule has 0 atom stereocenters. The van der Waals surface area contributed by atoms with Crippen LogP contribution in [0.3, 0.4) is 0 Å². The second-order valence-corrected chi connectivity index (χ2v) is 10.8. The molecule has 2 aromatic carbocycles. The Kier molecular flexibility index (Phi) is 7.58. The SMILES string of the molecule is COc1cccc(Oc2c(NS(=O)(=O)c3ccc(C(C)(C)C)cc3)ncnc2OCc2ccccn2)c1. The topological polar surface area (TPSA) is 113 Å². The number of sulfonamides is 1. The molecular formula is C27H28N4O5S. The maximum absolute atomic E-state index is 13.3. The van der Waals surface area contributed by atoms with E-state index in [1.165, 1.54) is 13.4 Å². The summed E-state index contributed by atoms with van der Waals surface area (Å²) in [7, 11) is -2.46. The average molecular weight is 521 g/mol. The van der Waals surface area contributed by atoms with E-state index in [1.54, 1.807) is 66.9 Å². The zero-order valence-corrected chi connectivity index (χ0v) is 21.8. The Hall–Kier alpha value is -4.18. The van der Waals surface area contributed by atoms with Gasteiger partial charge in [0.05, 0.1) is 17.7 Å². The first kappa shape index (κ1) is 25.9. The molecular weight excluding hydrogens is 492 g/mol. The lowest BCUT2D eigenvalue weighted by atomic mass is 9.87. The summed E-state index contributed by atoms with van der Waals surface area (Å²) in [6.07, 6.45) is 2.85. The van der Waals surface area contributed by atoms with Crippen LogP contribution >= 0.6 is 0 Å². The van der Waals surface area contributed by atoms with Crippen LogP contribution in [0.5, 0.6) is 23.1 Å². The zero-order valence-electron chi connectivity index (χ0n) is 21.0. The Morgan fingerprint density at radius 2 is 1.65 bits per heavy atom. The van der Waals surface area contributed by atoms with Crippen molar-refractivity contribution in [3.05, 3.63) is 90.5 Å². The highest BCUT2D eigenvalue weighted by molar-refractivity contribution is 7.92. The lowest BCUT2D eigenvalue weighted by molar-refractivity contribution is 0.274. The Bertz CT molecular complexity index is 1450. The number of hydrogen-bond acceptors (Lipinski definition) is 8. The van der Waals surface area contributed by atoms with Gasteiger partial charge in [-0.1, -0.05) is 45.0 Å². The summed E-state index contributed by atoms with van der Waals surface area (Å²) >= 11 is 0. The minimum atomic E-state index is -4.00. The van der Waals surface area contributed by atoms with Crippen molar-refractivity contribution in [2.45, 2.75) is 37.7 Å². The fraction of sp³-hybridized carbons (Fsp3) is 0.222. The molecule has 4 aromatic rings. The van der Waals surface area contributed by atoms with Gasteiger partial charge in [0.2, 0.25) is 5.75 Å². The van der Waals surface area contributed by atoms with Crippen molar-refractivity contribution < 1.29 is 22.6 Å². The molecule has 0 spiro atoms. The van der Waals surface area contributed by atoms with Gasteiger partial charge in [0.1, 0.15) is 24.4 Å². The normalized spacial score (nSPS) is 11.6. The summed E-state index contributed by atoms with van der Waals surface area (Å²) in [4.78, 5) is 12.7. The predicted molar refractivity (Wildman–Crippen MR) is 140 cm³/mol. The monoisotopic (exact) mass is 520 g/mol. The van der Waals surface area contributed by atoms with E-state index in [1.807, 2.05) is 6.07 Å². The highest BCUT2D eigenvalue weighted by Crippen LogP contribution is 2.38. The lowest BCUT2D eigenvalue weighted by Gasteiger charge is -2.19. The molecule has 0 saturated carbocycles. The summed E-state index contributed by atoms with van der Waals surface area (Å²) in [5.41, 5.74) is 1.57. The van der Waals surface area contributed by atoms with Gasteiger partial charge in [0.25, 0.3) is 15.9 Å². The fourth-order valence-corrected chi connectivity index (χ4v) is 4.37. The largest absolute Gasteiger partial charge is 0.497 e. The van der Waals surface area contributed by atoms with Crippen LogP contribution in [0.4, 0.5) is 5.82 Å². The molecule has 0 aliphatic heterocycles. The van der Waals surface area contributed by atoms with E-state index in [-0.39, 0.29) is 34.4 Å². The smallest absolute Gasteiger partial charge is 0.263 e. The number of nitrogens with one attached hydrogen (secondary N) is 1. The van der Waals surface area contributed by atoms with Gasteiger partial charge < -0.3 is 14.2 Å². The molecule has 0 aliphatic carbocycles. The van der Waals surface area contributed by atoms with Gasteiger partial charge in [-0.3, -0.25) is 9.71 Å². The second kappa shape index (κ2) is 10.8. The number of rotatable bonds is 9. The van der Waals surface area contributed by atoms with Crippen molar-refractivity contribution in [1.82, 2.24) is 15.0 Å². The van der Waals surface area contributed by atoms with E-state index >= 15 is 0 Å². The maximum Gasteiger partial charge on any atom is 0.263 e. The summed E-state index contributed by atoms with van der Waals surface area (Å²) in [6.45, 7) is 6.27. The van der Waals surface area contributed by atoms with Crippen LogP contribution in [0.1, 0.15) is 32.0 Å². The van der Waals surface area contributed by atoms with Crippen LogP contribution in [-0.4, -0.2) is 30.5 Å². The molecule has 0 saturated heterocycles. The van der Waals surface area contributed by atoms with Crippen molar-refractivity contribution in [2.75, 3.05) is 11.8 Å². The van der Waals surface area contributed by atoms with E-state index < -0.39 is 10.0 Å². The van der Waals surface area contributed by atoms with E-state index in [4.69, 9.17) is 14.2 Å². The van der Waals surface area contributed by atoms with Crippen molar-refractivity contribution in [1.29, 1.82) is 0 Å². The first-order valence-corrected chi connectivity index (χ1v) is 13.0. The molecule has 192 valence electrons. The van der Waals surface area contributed by atoms with Gasteiger partial charge in [-0.05, 0) is 47.4 Å². The minimum Gasteiger partial charge on any atom is -0.497 e. The van der Waals surface area contributed by atoms with Crippen LogP contribution in [-0.2, 0) is 22.0 Å². The van der Waals surface area contributed by atoms with Crippen LogP contribution in [0.2, 0.25) is 0 Å². The third-order valence-electron chi connectivity index (χ3n) is 5.38. The number of hydrogen-bond donors (Lipinski definition) is 1. The molecule has 0 aliphatic rings. The zero-order chi connectivity index (χ0) is 26.5. The maximum atomic E-state index is 13.3. The number of methoxy groups -OCH3 is 1. The summed E-state index contributed by atoms with van der Waals surface area (Å²) in [5.74, 6) is 0.915. The summed E-state index contributed by atoms with van der Waals surface area (Å²) in [5, 5.41) is 0. The Morgan fingerprint density at radius 1 is 0.892 bits per heavy atom. The molecule has 9 nitrogen and oxygen atoms in total. The minimum absolute atomic E-state index is 0.00145. The molecule has 2 aromatic heterocycles. The molecule has 0 unspecified atom stereocenters. The van der Waals surface area contributed by atoms with Crippen molar-refractivity contribution >= 4 is 15.8 Å². The number of aromatic nitrogens is 3. The molecule has 0 radical (unpaired) electrons. The molecule has 10 heteroatoms. The van der Waals surface area contributed by atoms with Gasteiger partial charge in [-0.25, -0.2) is 13.4 Å². The predicted octanol–water partition coefficient (Wildman–Crippen LogP) is 5.35. The standard InChI is InChI=1S/C27H28N4O5S/c1-27(2,3)19-11-13-23(14-12-19)37(32,33)31-25-24(36-22-10-7-9-21(16-22)34-4)26(30-18-29-25)35-17-20-8-5-6-15-28-20/h5-16,18H,17H2,1-4H3,(H,29,30,31). The molecule has 0 amide bonds. The number of anilines is 1. The molecule has 2 heterocycles. The second-order valence-electron chi connectivity index (χ2n) is 9.13. The third-order valence-corrected chi connectivity index (χ3v) is 6.73. The van der Waals surface area contributed by atoms with Crippen LogP contribution in [0, 0.1) is 0 Å². The third kappa shape index (κ3) is 6.53. The highest BCUT2D eigenvalue weighted by atomic mass is 32.2. The summed E-state index contributed by atoms with van der Waals surface area (Å²) < 4.78 is 46.2. The van der Waals surface area contributed by atoms with Gasteiger partial charge in [-0.2, -0.15) is 4.98 Å². The number of benzene rings is 2. The first-order chi connectivity index (χ1) is 17.7. The summed E-state index contributed by atoms with van der Waals surface area (Å²) in [6, 6.07) is 19.0. The van der Waals surface area contributed by atoms with Crippen LogP contribution < -0.4 is 18.9 Å². The highest BCUT2D eigenvalue weighted by Gasteiger charge is 2.23. The number of pyridine rings is 1. The molecule has 1 N–H and O–H groups in total. The quantitative estimate of drug-likeness (QED) is 0.314. The van der Waals surface area contributed by atoms with Gasteiger partial charge in [0.15, 0.2) is 5.82 Å². The van der Waals surface area contributed by atoms with Gasteiger partial charge in [0, 0.05) is 12.3 Å². The van der Waals surface area contributed by atoms with Crippen molar-refractivity contribution in [3.8, 4) is 23.1 Å². The van der Waals surface area contributed by atoms with E-state index in [0.717, 1.165) is 5.56 Å². The van der Waals surface area contributed by atoms with Gasteiger partial charge in [-0.15, -0.1) is 0 Å². The van der Waals surface area contributed by atoms with Crippen LogP contribution in [0.25, 0.3) is 0 Å². The lowest BCUT2D eigenvalue weighted by Crippen LogP contribution is -2.16. The molecule has 0 bridgehead atoms. The van der Waals surface area contributed by atoms with Gasteiger partial charge >= 0.3 is 0 Å². The van der Waals surface area contributed by atoms with E-state index in [0.29, 0.717) is 17.2 Å².